The predicted octanol–water partition coefficient (Wildman–Crippen LogP) is 16.5. The molecule has 0 saturated carbocycles. The molecule has 0 spiro atoms. The van der Waals surface area contributed by atoms with Crippen LogP contribution in [0.4, 0.5) is 22.7 Å². The summed E-state index contributed by atoms with van der Waals surface area (Å²) < 4.78 is 9.21. The van der Waals surface area contributed by atoms with Crippen LogP contribution in [0.2, 0.25) is 0 Å². The van der Waals surface area contributed by atoms with E-state index in [0.717, 1.165) is 55.9 Å². The van der Waals surface area contributed by atoms with E-state index in [1.807, 2.05) is 12.3 Å². The number of hydrogen-bond donors (Lipinski definition) is 0. The van der Waals surface area contributed by atoms with Gasteiger partial charge in [-0.2, -0.15) is 6.07 Å². The maximum atomic E-state index is 6.96. The standard InChI is InChI=1S/C60H63N4O.Pt/c1-38-19-17-20-39(2)55(38)49-35-47(36-53-56(49)48-23-15-16-24-50(48)64(53)54-33-41(27-28-61-54)58(6,7)8)65-46-22-18-21-44(34-46)62-37-63(52-32-40(57(3,4)5)25-26-51(52)62)45-30-42(59(9,10)11)29-43(31-45)60(12,13)14;/h15-33,35,37H,1-14H3;/q-3;. The topological polar surface area (TPSA) is 33.5 Å². The fourth-order valence-electron chi connectivity index (χ4n) is 9.12. The molecule has 0 unspecified atom stereocenters. The third kappa shape index (κ3) is 8.72. The fraction of sp³-hybridized carbons (Fsp3) is 0.300. The van der Waals surface area contributed by atoms with E-state index in [1.54, 1.807) is 0 Å². The molecule has 6 heteroatoms. The Morgan fingerprint density at radius 3 is 1.82 bits per heavy atom. The Labute approximate surface area is 408 Å². The van der Waals surface area contributed by atoms with Crippen LogP contribution >= 0.6 is 0 Å². The summed E-state index contributed by atoms with van der Waals surface area (Å²) in [5, 5.41) is 2.26. The number of rotatable bonds is 6. The van der Waals surface area contributed by atoms with Crippen molar-refractivity contribution >= 4 is 44.6 Å². The van der Waals surface area contributed by atoms with E-state index in [2.05, 4.69) is 239 Å². The van der Waals surface area contributed by atoms with Gasteiger partial charge in [0.05, 0.1) is 0 Å². The van der Waals surface area contributed by atoms with E-state index < -0.39 is 0 Å². The molecule has 342 valence electrons. The molecule has 0 aliphatic carbocycles. The minimum Gasteiger partial charge on any atom is -0.509 e. The summed E-state index contributed by atoms with van der Waals surface area (Å²) in [6, 6.07) is 49.3. The van der Waals surface area contributed by atoms with Gasteiger partial charge in [-0.15, -0.1) is 48.3 Å². The molecule has 0 radical (unpaired) electrons. The van der Waals surface area contributed by atoms with Crippen molar-refractivity contribution in [2.75, 3.05) is 9.80 Å². The molecule has 6 aromatic carbocycles. The molecule has 0 fully saturated rings. The molecule has 0 amide bonds. The Morgan fingerprint density at radius 2 is 1.17 bits per heavy atom. The molecule has 5 nitrogen and oxygen atoms in total. The zero-order valence-electron chi connectivity index (χ0n) is 41.1. The summed E-state index contributed by atoms with van der Waals surface area (Å²) >= 11 is 0. The molecular formula is C60H63N4OPt-3. The second-order valence-corrected chi connectivity index (χ2v) is 22.1. The number of ether oxygens (including phenoxy) is 1. The van der Waals surface area contributed by atoms with E-state index in [1.165, 1.54) is 38.9 Å². The van der Waals surface area contributed by atoms with Crippen LogP contribution in [-0.4, -0.2) is 9.55 Å². The third-order valence-electron chi connectivity index (χ3n) is 13.0. The Morgan fingerprint density at radius 1 is 0.545 bits per heavy atom. The number of nitrogens with zero attached hydrogens (tertiary/aromatic N) is 4. The average molecular weight is 1050 g/mol. The van der Waals surface area contributed by atoms with Crippen LogP contribution in [0, 0.1) is 32.6 Å². The first-order valence-corrected chi connectivity index (χ1v) is 23.0. The molecule has 2 aromatic heterocycles. The predicted molar refractivity (Wildman–Crippen MR) is 274 cm³/mol. The van der Waals surface area contributed by atoms with E-state index >= 15 is 0 Å². The van der Waals surface area contributed by atoms with Gasteiger partial charge >= 0.3 is 0 Å². The molecule has 0 saturated heterocycles. The molecular weight excluding hydrogens is 988 g/mol. The van der Waals surface area contributed by atoms with Gasteiger partial charge in [0.1, 0.15) is 5.82 Å². The van der Waals surface area contributed by atoms with Crippen molar-refractivity contribution in [1.82, 2.24) is 9.55 Å². The van der Waals surface area contributed by atoms with Crippen molar-refractivity contribution in [3.05, 3.63) is 174 Å². The van der Waals surface area contributed by atoms with Gasteiger partial charge in [-0.1, -0.05) is 143 Å². The number of benzene rings is 6. The zero-order chi connectivity index (χ0) is 46.4. The monoisotopic (exact) mass is 1050 g/mol. The molecule has 0 N–H and O–H groups in total. The summed E-state index contributed by atoms with van der Waals surface area (Å²) in [6.07, 6.45) is 1.92. The zero-order valence-corrected chi connectivity index (χ0v) is 43.4. The van der Waals surface area contributed by atoms with Crippen molar-refractivity contribution in [3.8, 4) is 28.4 Å². The number of pyridine rings is 1. The van der Waals surface area contributed by atoms with Crippen molar-refractivity contribution in [3.63, 3.8) is 0 Å². The van der Waals surface area contributed by atoms with Crippen LogP contribution in [0.5, 0.6) is 11.5 Å². The summed E-state index contributed by atoms with van der Waals surface area (Å²) in [7, 11) is 0. The maximum absolute atomic E-state index is 6.96. The number of para-hydroxylation sites is 1. The largest absolute Gasteiger partial charge is 0.509 e. The van der Waals surface area contributed by atoms with E-state index in [0.29, 0.717) is 11.5 Å². The Kier molecular flexibility index (Phi) is 12.0. The average Bonchev–Trinajstić information content (AvgIpc) is 3.78. The van der Waals surface area contributed by atoms with E-state index in [-0.39, 0.29) is 42.7 Å². The van der Waals surface area contributed by atoms with E-state index in [4.69, 9.17) is 9.72 Å². The Bertz CT molecular complexity index is 3080. The van der Waals surface area contributed by atoms with Crippen molar-refractivity contribution < 1.29 is 25.8 Å². The second-order valence-electron chi connectivity index (χ2n) is 22.1. The molecule has 1 aliphatic rings. The van der Waals surface area contributed by atoms with Crippen LogP contribution in [-0.2, 0) is 42.7 Å². The van der Waals surface area contributed by atoms with Gasteiger partial charge < -0.3 is 19.1 Å². The molecule has 8 aromatic rings. The summed E-state index contributed by atoms with van der Waals surface area (Å²) in [4.78, 5) is 9.59. The van der Waals surface area contributed by atoms with Gasteiger partial charge in [-0.05, 0) is 122 Å². The van der Waals surface area contributed by atoms with Crippen molar-refractivity contribution in [2.45, 2.75) is 119 Å². The second kappa shape index (κ2) is 16.9. The summed E-state index contributed by atoms with van der Waals surface area (Å²) in [5.74, 6) is 2.06. The Hall–Kier alpha value is -5.64. The van der Waals surface area contributed by atoms with Gasteiger partial charge in [-0.25, -0.2) is 4.98 Å². The number of fused-ring (bicyclic) bond motifs is 4. The quantitative estimate of drug-likeness (QED) is 0.155. The van der Waals surface area contributed by atoms with Crippen LogP contribution in [0.3, 0.4) is 0 Å². The number of hydrogen-bond acceptors (Lipinski definition) is 4. The molecule has 0 atom stereocenters. The number of aryl methyl sites for hydroxylation is 2. The number of anilines is 4. The number of aromatic nitrogens is 2. The van der Waals surface area contributed by atoms with Crippen LogP contribution < -0.4 is 14.5 Å². The first kappa shape index (κ1) is 46.9. The molecule has 0 bridgehead atoms. The van der Waals surface area contributed by atoms with Crippen LogP contribution in [0.15, 0.2) is 121 Å². The summed E-state index contributed by atoms with van der Waals surface area (Å²) in [6.45, 7) is 34.0. The van der Waals surface area contributed by atoms with Gasteiger partial charge in [0.2, 0.25) is 0 Å². The molecule has 9 rings (SSSR count). The fourth-order valence-corrected chi connectivity index (χ4v) is 9.12. The van der Waals surface area contributed by atoms with Gasteiger partial charge in [0.25, 0.3) is 0 Å². The van der Waals surface area contributed by atoms with Crippen molar-refractivity contribution in [1.29, 1.82) is 0 Å². The molecule has 1 aliphatic heterocycles. The first-order valence-electron chi connectivity index (χ1n) is 23.0. The SMILES string of the molecule is Cc1cccc(C)c1-c1cc(Oc2[c-]c(N3[CH-]N(c4cc(C(C)(C)C)cc(C(C)(C)C)c4)c4cc(C(C)(C)C)ccc43)ccc2)[c-]c2c1c1ccccc1n2-c1cc(C(C)(C)C)ccn1.[Pt]. The smallest absolute Gasteiger partial charge is 0.135 e. The van der Waals surface area contributed by atoms with Gasteiger partial charge in [0, 0.05) is 61.3 Å². The maximum Gasteiger partial charge on any atom is 0.135 e. The Balaban J connectivity index is 0.00000592. The van der Waals surface area contributed by atoms with Gasteiger partial charge in [-0.3, -0.25) is 0 Å². The molecule has 3 heterocycles. The molecule has 66 heavy (non-hydrogen) atoms. The van der Waals surface area contributed by atoms with Crippen LogP contribution in [0.1, 0.15) is 116 Å². The van der Waals surface area contributed by atoms with E-state index in [9.17, 15) is 0 Å². The minimum atomic E-state index is -0.0519. The van der Waals surface area contributed by atoms with Crippen molar-refractivity contribution in [2.24, 2.45) is 0 Å². The normalized spacial score (nSPS) is 13.4. The summed E-state index contributed by atoms with van der Waals surface area (Å²) in [5.41, 5.74) is 15.9. The third-order valence-corrected chi connectivity index (χ3v) is 13.0. The van der Waals surface area contributed by atoms with Crippen LogP contribution in [0.25, 0.3) is 38.8 Å². The van der Waals surface area contributed by atoms with Gasteiger partial charge in [0.15, 0.2) is 0 Å². The first-order chi connectivity index (χ1) is 30.6. The minimum absolute atomic E-state index is 0.